The van der Waals surface area contributed by atoms with Gasteiger partial charge in [0.05, 0.1) is 6.04 Å². The maximum Gasteiger partial charge on any atom is 0.410 e. The van der Waals surface area contributed by atoms with Gasteiger partial charge in [-0.25, -0.2) is 9.78 Å². The molecule has 1 saturated heterocycles. The van der Waals surface area contributed by atoms with Crippen molar-refractivity contribution in [1.82, 2.24) is 14.3 Å². The molecule has 2 atom stereocenters. The Hall–Kier alpha value is -3.86. The maximum atomic E-state index is 13.3. The molecule has 0 spiro atoms. The quantitative estimate of drug-likeness (QED) is 0.393. The van der Waals surface area contributed by atoms with Crippen molar-refractivity contribution in [1.29, 1.82) is 0 Å². The summed E-state index contributed by atoms with van der Waals surface area (Å²) in [6.45, 7) is 0.372. The first-order valence-corrected chi connectivity index (χ1v) is 12.0. The lowest BCUT2D eigenvalue weighted by Gasteiger charge is -2.33. The predicted octanol–water partition coefficient (Wildman–Crippen LogP) is 5.90. The van der Waals surface area contributed by atoms with Crippen LogP contribution in [0.1, 0.15) is 41.9 Å². The number of nitrogens with zero attached hydrogens (tertiary/aromatic N) is 3. The average Bonchev–Trinajstić information content (AvgIpc) is 3.54. The van der Waals surface area contributed by atoms with E-state index in [0.29, 0.717) is 6.61 Å². The summed E-state index contributed by atoms with van der Waals surface area (Å²) >= 11 is 0. The highest BCUT2D eigenvalue weighted by Crippen LogP contribution is 2.45. The predicted molar refractivity (Wildman–Crippen MR) is 132 cm³/mol. The first-order valence-electron chi connectivity index (χ1n) is 12.0. The zero-order valence-electron chi connectivity index (χ0n) is 18.8. The van der Waals surface area contributed by atoms with E-state index in [1.165, 1.54) is 33.4 Å². The molecule has 1 aliphatic carbocycles. The third-order valence-corrected chi connectivity index (χ3v) is 7.70. The molecular weight excluding hydrogens is 422 g/mol. The Bertz CT molecular complexity index is 1410. The third kappa shape index (κ3) is 3.00. The lowest BCUT2D eigenvalue weighted by atomic mass is 9.96. The number of hydrogen-bond acceptors (Lipinski definition) is 3. The molecule has 0 radical (unpaired) electrons. The summed E-state index contributed by atoms with van der Waals surface area (Å²) in [4.78, 5) is 19.6. The van der Waals surface area contributed by atoms with Crippen molar-refractivity contribution in [2.24, 2.45) is 0 Å². The second-order valence-corrected chi connectivity index (χ2v) is 9.52. The number of hydrogen-bond donors (Lipinski definition) is 0. The number of benzene rings is 2. The molecule has 7 rings (SSSR count). The molecule has 3 aliphatic rings. The standard InChI is InChI=1S/C29H25N3O2/c33-29(34-18-27-25-7-3-1-5-23(25)24-6-2-4-8-26(24)27)32-21-10-11-22(32)16-20(15-21)19-9-12-28-30-13-14-31(28)17-19/h1-9,12-15,17,21-22,27H,10-11,16,18H2. The third-order valence-electron chi connectivity index (χ3n) is 7.70. The fourth-order valence-corrected chi connectivity index (χ4v) is 6.11. The lowest BCUT2D eigenvalue weighted by Crippen LogP contribution is -2.43. The normalized spacial score (nSPS) is 20.8. The molecule has 2 aromatic heterocycles. The van der Waals surface area contributed by atoms with E-state index in [9.17, 15) is 4.79 Å². The van der Waals surface area contributed by atoms with E-state index in [-0.39, 0.29) is 24.1 Å². The Kier molecular flexibility index (Phi) is 4.37. The summed E-state index contributed by atoms with van der Waals surface area (Å²) in [6, 6.07) is 21.4. The summed E-state index contributed by atoms with van der Waals surface area (Å²) in [7, 11) is 0. The molecule has 0 saturated carbocycles. The lowest BCUT2D eigenvalue weighted by molar-refractivity contribution is 0.0866. The minimum atomic E-state index is -0.185. The van der Waals surface area contributed by atoms with E-state index in [1.807, 2.05) is 17.3 Å². The van der Waals surface area contributed by atoms with E-state index in [1.54, 1.807) is 0 Å². The van der Waals surface area contributed by atoms with Gasteiger partial charge in [0.15, 0.2) is 0 Å². The molecule has 34 heavy (non-hydrogen) atoms. The summed E-state index contributed by atoms with van der Waals surface area (Å²) in [5.41, 5.74) is 8.45. The van der Waals surface area contributed by atoms with Crippen molar-refractivity contribution in [3.63, 3.8) is 0 Å². The van der Waals surface area contributed by atoms with Gasteiger partial charge < -0.3 is 9.14 Å². The highest BCUT2D eigenvalue weighted by atomic mass is 16.6. The van der Waals surface area contributed by atoms with Gasteiger partial charge in [0.2, 0.25) is 0 Å². The van der Waals surface area contributed by atoms with Crippen molar-refractivity contribution in [2.45, 2.75) is 37.3 Å². The average molecular weight is 448 g/mol. The van der Waals surface area contributed by atoms with Crippen LogP contribution >= 0.6 is 0 Å². The molecule has 2 unspecified atom stereocenters. The zero-order valence-corrected chi connectivity index (χ0v) is 18.8. The number of imidazole rings is 1. The largest absolute Gasteiger partial charge is 0.448 e. The van der Waals surface area contributed by atoms with Crippen molar-refractivity contribution < 1.29 is 9.53 Å². The van der Waals surface area contributed by atoms with Crippen LogP contribution in [0.5, 0.6) is 0 Å². The molecule has 4 aromatic rings. The minimum Gasteiger partial charge on any atom is -0.448 e. The van der Waals surface area contributed by atoms with Gasteiger partial charge in [0, 0.05) is 30.6 Å². The number of carbonyl (C=O) groups excluding carboxylic acids is 1. The monoisotopic (exact) mass is 447 g/mol. The molecule has 2 bridgehead atoms. The van der Waals surface area contributed by atoms with Crippen LogP contribution in [-0.4, -0.2) is 39.1 Å². The topological polar surface area (TPSA) is 46.8 Å². The van der Waals surface area contributed by atoms with Crippen LogP contribution in [-0.2, 0) is 4.74 Å². The molecule has 1 amide bonds. The second kappa shape index (κ2) is 7.59. The summed E-state index contributed by atoms with van der Waals surface area (Å²) in [5.74, 6) is 0.0896. The number of carbonyl (C=O) groups is 1. The van der Waals surface area contributed by atoms with Crippen LogP contribution in [0.4, 0.5) is 4.79 Å². The molecule has 5 heteroatoms. The smallest absolute Gasteiger partial charge is 0.410 e. The number of aromatic nitrogens is 2. The molecule has 5 nitrogen and oxygen atoms in total. The Balaban J connectivity index is 1.11. The van der Waals surface area contributed by atoms with Crippen LogP contribution in [0.2, 0.25) is 0 Å². The molecular formula is C29H25N3O2. The summed E-state index contributed by atoms with van der Waals surface area (Å²) in [6.07, 6.45) is 10.9. The molecule has 4 heterocycles. The zero-order chi connectivity index (χ0) is 22.6. The van der Waals surface area contributed by atoms with Gasteiger partial charge in [-0.2, -0.15) is 0 Å². The molecule has 1 fully saturated rings. The Morgan fingerprint density at radius 2 is 1.74 bits per heavy atom. The fraction of sp³-hybridized carbons (Fsp3) is 0.241. The highest BCUT2D eigenvalue weighted by Gasteiger charge is 2.41. The van der Waals surface area contributed by atoms with Gasteiger partial charge in [0.1, 0.15) is 12.3 Å². The molecule has 168 valence electrons. The van der Waals surface area contributed by atoms with Gasteiger partial charge >= 0.3 is 6.09 Å². The first-order chi connectivity index (χ1) is 16.8. The number of fused-ring (bicyclic) bond motifs is 6. The van der Waals surface area contributed by atoms with Crippen molar-refractivity contribution >= 4 is 17.3 Å². The van der Waals surface area contributed by atoms with Crippen molar-refractivity contribution in [3.8, 4) is 11.1 Å². The molecule has 0 N–H and O–H groups in total. The Morgan fingerprint density at radius 3 is 2.50 bits per heavy atom. The Morgan fingerprint density at radius 1 is 0.971 bits per heavy atom. The first kappa shape index (κ1) is 19.6. The SMILES string of the molecule is O=C(OCC1c2ccccc2-c2ccccc21)N1C2C=C(c3ccc4nccn4c3)CC1CC2. The number of pyridine rings is 1. The van der Waals surface area contributed by atoms with E-state index < -0.39 is 0 Å². The maximum absolute atomic E-state index is 13.3. The van der Waals surface area contributed by atoms with Crippen molar-refractivity contribution in [3.05, 3.63) is 102 Å². The number of ether oxygens (including phenoxy) is 1. The van der Waals surface area contributed by atoms with Gasteiger partial charge in [-0.3, -0.25) is 4.90 Å². The van der Waals surface area contributed by atoms with Crippen LogP contribution in [0.15, 0.2) is 85.3 Å². The van der Waals surface area contributed by atoms with Crippen molar-refractivity contribution in [2.75, 3.05) is 6.61 Å². The number of rotatable bonds is 3. The highest BCUT2D eigenvalue weighted by molar-refractivity contribution is 5.79. The van der Waals surface area contributed by atoms with Crippen LogP contribution in [0.3, 0.4) is 0 Å². The second-order valence-electron chi connectivity index (χ2n) is 9.52. The van der Waals surface area contributed by atoms with E-state index >= 15 is 0 Å². The number of amides is 1. The van der Waals surface area contributed by atoms with Gasteiger partial charge in [-0.1, -0.05) is 54.6 Å². The van der Waals surface area contributed by atoms with Gasteiger partial charge in [0.25, 0.3) is 0 Å². The Labute approximate surface area is 198 Å². The fourth-order valence-electron chi connectivity index (χ4n) is 6.11. The molecule has 2 aliphatic heterocycles. The van der Waals surface area contributed by atoms with E-state index in [0.717, 1.165) is 24.9 Å². The van der Waals surface area contributed by atoms with Crippen LogP contribution in [0, 0.1) is 0 Å². The van der Waals surface area contributed by atoms with Gasteiger partial charge in [-0.15, -0.1) is 0 Å². The van der Waals surface area contributed by atoms with Gasteiger partial charge in [-0.05, 0) is 64.8 Å². The summed E-state index contributed by atoms with van der Waals surface area (Å²) < 4.78 is 8.05. The van der Waals surface area contributed by atoms with Crippen LogP contribution in [0.25, 0.3) is 22.3 Å². The van der Waals surface area contributed by atoms with E-state index in [4.69, 9.17) is 4.74 Å². The minimum absolute atomic E-state index is 0.0896. The van der Waals surface area contributed by atoms with Crippen LogP contribution < -0.4 is 0 Å². The summed E-state index contributed by atoms with van der Waals surface area (Å²) in [5, 5.41) is 0. The van der Waals surface area contributed by atoms with E-state index in [2.05, 4.69) is 82.3 Å². The molecule has 2 aromatic carbocycles.